The van der Waals surface area contributed by atoms with Gasteiger partial charge in [0.2, 0.25) is 5.91 Å². The van der Waals surface area contributed by atoms with Gasteiger partial charge in [0.1, 0.15) is 0 Å². The summed E-state index contributed by atoms with van der Waals surface area (Å²) in [7, 11) is 0. The minimum absolute atomic E-state index is 0.103. The first kappa shape index (κ1) is 14.4. The summed E-state index contributed by atoms with van der Waals surface area (Å²) in [6.45, 7) is 7.26. The van der Waals surface area contributed by atoms with Crippen LogP contribution in [0, 0.1) is 11.3 Å². The van der Waals surface area contributed by atoms with Crippen LogP contribution in [0.2, 0.25) is 0 Å². The highest BCUT2D eigenvalue weighted by atomic mass is 16.2. The summed E-state index contributed by atoms with van der Waals surface area (Å²) in [4.78, 5) is 14.8. The molecule has 0 spiro atoms. The number of amides is 1. The van der Waals surface area contributed by atoms with Crippen LogP contribution in [0.1, 0.15) is 38.7 Å². The van der Waals surface area contributed by atoms with Gasteiger partial charge in [0, 0.05) is 25.3 Å². The fourth-order valence-corrected chi connectivity index (χ4v) is 3.49. The van der Waals surface area contributed by atoms with Crippen molar-refractivity contribution in [2.75, 3.05) is 25.0 Å². The second-order valence-corrected chi connectivity index (χ2v) is 6.93. The lowest BCUT2D eigenvalue weighted by atomic mass is 9.78. The number of para-hydroxylation sites is 1. The Balaban J connectivity index is 1.63. The van der Waals surface area contributed by atoms with Crippen molar-refractivity contribution < 1.29 is 4.79 Å². The normalized spacial score (nSPS) is 24.1. The van der Waals surface area contributed by atoms with Gasteiger partial charge < -0.3 is 10.2 Å². The van der Waals surface area contributed by atoms with Gasteiger partial charge in [-0.3, -0.25) is 4.79 Å². The maximum Gasteiger partial charge on any atom is 0.227 e. The molecule has 21 heavy (non-hydrogen) atoms. The molecule has 0 bridgehead atoms. The molecule has 3 nitrogen and oxygen atoms in total. The molecule has 2 aliphatic heterocycles. The summed E-state index contributed by atoms with van der Waals surface area (Å²) in [5, 5.41) is 3.41. The van der Waals surface area contributed by atoms with Crippen molar-refractivity contribution in [2.45, 2.75) is 39.5 Å². The Kier molecular flexibility index (Phi) is 3.92. The minimum Gasteiger partial charge on any atom is -0.384 e. The molecule has 0 radical (unpaired) electrons. The predicted molar refractivity (Wildman–Crippen MR) is 86.3 cm³/mol. The molecule has 1 amide bonds. The van der Waals surface area contributed by atoms with E-state index in [9.17, 15) is 4.79 Å². The van der Waals surface area contributed by atoms with Gasteiger partial charge in [-0.25, -0.2) is 0 Å². The summed E-state index contributed by atoms with van der Waals surface area (Å²) >= 11 is 0. The zero-order valence-electron chi connectivity index (χ0n) is 13.2. The first-order chi connectivity index (χ1) is 10.1. The van der Waals surface area contributed by atoms with Crippen LogP contribution in [-0.4, -0.2) is 30.4 Å². The topological polar surface area (TPSA) is 32.3 Å². The zero-order chi connectivity index (χ0) is 14.9. The third-order valence-electron chi connectivity index (χ3n) is 5.51. The molecule has 1 aromatic rings. The average molecular weight is 286 g/mol. The summed E-state index contributed by atoms with van der Waals surface area (Å²) in [5.74, 6) is 0.445. The highest BCUT2D eigenvalue weighted by molar-refractivity contribution is 5.81. The number of hydrogen-bond acceptors (Lipinski definition) is 2. The van der Waals surface area contributed by atoms with Crippen molar-refractivity contribution in [1.82, 2.24) is 4.90 Å². The van der Waals surface area contributed by atoms with E-state index in [1.54, 1.807) is 0 Å². The van der Waals surface area contributed by atoms with Crippen molar-refractivity contribution in [3.05, 3.63) is 29.8 Å². The number of likely N-dealkylation sites (tertiary alicyclic amines) is 1. The molecular formula is C18H26N2O. The smallest absolute Gasteiger partial charge is 0.227 e. The summed E-state index contributed by atoms with van der Waals surface area (Å²) in [5.41, 5.74) is 2.91. The molecule has 0 aromatic heterocycles. The second kappa shape index (κ2) is 5.70. The van der Waals surface area contributed by atoms with E-state index < -0.39 is 0 Å². The van der Waals surface area contributed by atoms with Gasteiger partial charge in [-0.15, -0.1) is 0 Å². The molecule has 1 aromatic carbocycles. The Morgan fingerprint density at radius 1 is 1.33 bits per heavy atom. The lowest BCUT2D eigenvalue weighted by Crippen LogP contribution is -2.47. The van der Waals surface area contributed by atoms with Crippen molar-refractivity contribution in [3.63, 3.8) is 0 Å². The number of fused-ring (bicyclic) bond motifs is 1. The van der Waals surface area contributed by atoms with E-state index in [1.165, 1.54) is 17.7 Å². The van der Waals surface area contributed by atoms with Gasteiger partial charge in [-0.2, -0.15) is 0 Å². The number of piperidine rings is 1. The minimum atomic E-state index is 0.103. The van der Waals surface area contributed by atoms with E-state index in [-0.39, 0.29) is 5.92 Å². The van der Waals surface area contributed by atoms with Crippen molar-refractivity contribution in [2.24, 2.45) is 11.3 Å². The Morgan fingerprint density at radius 2 is 2.05 bits per heavy atom. The quantitative estimate of drug-likeness (QED) is 0.904. The number of anilines is 1. The van der Waals surface area contributed by atoms with Crippen LogP contribution in [0.15, 0.2) is 24.3 Å². The maximum absolute atomic E-state index is 12.7. The molecule has 1 fully saturated rings. The van der Waals surface area contributed by atoms with E-state index in [0.717, 1.165) is 38.9 Å². The van der Waals surface area contributed by atoms with E-state index in [0.29, 0.717) is 11.3 Å². The molecule has 1 saturated heterocycles. The molecule has 2 aliphatic rings. The maximum atomic E-state index is 12.7. The molecule has 114 valence electrons. The van der Waals surface area contributed by atoms with Crippen LogP contribution < -0.4 is 5.32 Å². The molecule has 0 aliphatic carbocycles. The van der Waals surface area contributed by atoms with Crippen molar-refractivity contribution in [3.8, 4) is 0 Å². The number of hydrogen-bond donors (Lipinski definition) is 1. The molecule has 3 heteroatoms. The van der Waals surface area contributed by atoms with Gasteiger partial charge >= 0.3 is 0 Å². The standard InChI is InChI=1S/C18H26N2O/c1-3-18(2)8-10-20(11-9-18)17(21)15-12-14-6-4-5-7-16(14)19-13-15/h4-7,15,19H,3,8-13H2,1-2H3. The van der Waals surface area contributed by atoms with Gasteiger partial charge in [-0.05, 0) is 36.3 Å². The number of nitrogens with one attached hydrogen (secondary N) is 1. The fourth-order valence-electron chi connectivity index (χ4n) is 3.49. The van der Waals surface area contributed by atoms with E-state index >= 15 is 0 Å². The fraction of sp³-hybridized carbons (Fsp3) is 0.611. The van der Waals surface area contributed by atoms with Gasteiger partial charge in [-0.1, -0.05) is 38.5 Å². The summed E-state index contributed by atoms with van der Waals surface area (Å²) in [6, 6.07) is 8.33. The molecular weight excluding hydrogens is 260 g/mol. The number of rotatable bonds is 2. The Morgan fingerprint density at radius 3 is 2.76 bits per heavy atom. The third-order valence-corrected chi connectivity index (χ3v) is 5.51. The van der Waals surface area contributed by atoms with Gasteiger partial charge in [0.15, 0.2) is 0 Å². The van der Waals surface area contributed by atoms with Crippen LogP contribution in [-0.2, 0) is 11.2 Å². The Hall–Kier alpha value is -1.51. The number of nitrogens with zero attached hydrogens (tertiary/aromatic N) is 1. The molecule has 1 atom stereocenters. The Bertz CT molecular complexity index is 518. The van der Waals surface area contributed by atoms with E-state index in [1.807, 2.05) is 6.07 Å². The van der Waals surface area contributed by atoms with Gasteiger partial charge in [0.05, 0.1) is 5.92 Å². The van der Waals surface area contributed by atoms with Crippen molar-refractivity contribution in [1.29, 1.82) is 0 Å². The van der Waals surface area contributed by atoms with Crippen molar-refractivity contribution >= 4 is 11.6 Å². The van der Waals surface area contributed by atoms with Crippen LogP contribution in [0.4, 0.5) is 5.69 Å². The zero-order valence-corrected chi connectivity index (χ0v) is 13.2. The van der Waals surface area contributed by atoms with Crippen LogP contribution >= 0.6 is 0 Å². The van der Waals surface area contributed by atoms with Crippen LogP contribution in [0.25, 0.3) is 0 Å². The highest BCUT2D eigenvalue weighted by Gasteiger charge is 2.34. The lowest BCUT2D eigenvalue weighted by molar-refractivity contribution is -0.137. The largest absolute Gasteiger partial charge is 0.384 e. The van der Waals surface area contributed by atoms with E-state index in [4.69, 9.17) is 0 Å². The third kappa shape index (κ3) is 2.92. The predicted octanol–water partition coefficient (Wildman–Crippen LogP) is 3.31. The Labute approximate surface area is 127 Å². The number of carbonyl (C=O) groups excluding carboxylic acids is 1. The molecule has 1 unspecified atom stereocenters. The molecule has 3 rings (SSSR count). The van der Waals surface area contributed by atoms with Crippen LogP contribution in [0.3, 0.4) is 0 Å². The first-order valence-corrected chi connectivity index (χ1v) is 8.22. The number of carbonyl (C=O) groups is 1. The SMILES string of the molecule is CCC1(C)CCN(C(=O)C2CNc3ccccc3C2)CC1. The molecule has 1 N–H and O–H groups in total. The molecule has 2 heterocycles. The van der Waals surface area contributed by atoms with E-state index in [2.05, 4.69) is 42.3 Å². The van der Waals surface area contributed by atoms with Gasteiger partial charge in [0.25, 0.3) is 0 Å². The average Bonchev–Trinajstić information content (AvgIpc) is 2.54. The van der Waals surface area contributed by atoms with Crippen LogP contribution in [0.5, 0.6) is 0 Å². The first-order valence-electron chi connectivity index (χ1n) is 8.22. The highest BCUT2D eigenvalue weighted by Crippen LogP contribution is 2.35. The monoisotopic (exact) mass is 286 g/mol. The summed E-state index contributed by atoms with van der Waals surface area (Å²) in [6.07, 6.45) is 4.38. The lowest BCUT2D eigenvalue weighted by Gasteiger charge is -2.40. The number of benzene rings is 1. The summed E-state index contributed by atoms with van der Waals surface area (Å²) < 4.78 is 0. The second-order valence-electron chi connectivity index (χ2n) is 6.93. The molecule has 0 saturated carbocycles.